The first-order valence-corrected chi connectivity index (χ1v) is 8.91. The fourth-order valence-electron chi connectivity index (χ4n) is 2.54. The van der Waals surface area contributed by atoms with Crippen LogP contribution in [0.2, 0.25) is 0 Å². The average molecular weight is 368 g/mol. The van der Waals surface area contributed by atoms with Gasteiger partial charge in [0, 0.05) is 23.2 Å². The monoisotopic (exact) mass is 368 g/mol. The molecule has 6 nitrogen and oxygen atoms in total. The van der Waals surface area contributed by atoms with Crippen LogP contribution in [0.25, 0.3) is 0 Å². The number of nitrogens with one attached hydrogen (secondary N) is 2. The highest BCUT2D eigenvalue weighted by Crippen LogP contribution is 2.30. The molecule has 2 aromatic carbocycles. The average Bonchev–Trinajstić information content (AvgIpc) is 2.65. The minimum absolute atomic E-state index is 0.101. The lowest BCUT2D eigenvalue weighted by Crippen LogP contribution is -2.28. The van der Waals surface area contributed by atoms with Gasteiger partial charge in [-0.1, -0.05) is 32.9 Å². The summed E-state index contributed by atoms with van der Waals surface area (Å²) in [6.07, 6.45) is 0. The van der Waals surface area contributed by atoms with E-state index in [-0.39, 0.29) is 11.8 Å². The van der Waals surface area contributed by atoms with E-state index >= 15 is 0 Å². The number of carbonyl (C=O) groups excluding carboxylic acids is 2. The molecule has 0 saturated heterocycles. The van der Waals surface area contributed by atoms with Crippen molar-refractivity contribution in [3.63, 3.8) is 0 Å². The fourth-order valence-corrected chi connectivity index (χ4v) is 2.54. The van der Waals surface area contributed by atoms with E-state index in [1.165, 1.54) is 0 Å². The Kier molecular flexibility index (Phi) is 5.35. The van der Waals surface area contributed by atoms with Crippen LogP contribution in [0.1, 0.15) is 36.7 Å². The van der Waals surface area contributed by atoms with Crippen LogP contribution in [0.5, 0.6) is 11.5 Å². The highest BCUT2D eigenvalue weighted by molar-refractivity contribution is 5.98. The van der Waals surface area contributed by atoms with Crippen LogP contribution in [0.15, 0.2) is 42.5 Å². The molecule has 142 valence electrons. The van der Waals surface area contributed by atoms with Gasteiger partial charge in [-0.05, 0) is 35.9 Å². The molecule has 0 fully saturated rings. The Labute approximate surface area is 158 Å². The van der Waals surface area contributed by atoms with E-state index in [4.69, 9.17) is 9.47 Å². The van der Waals surface area contributed by atoms with E-state index < -0.39 is 5.41 Å². The van der Waals surface area contributed by atoms with Gasteiger partial charge in [0.25, 0.3) is 5.91 Å². The summed E-state index contributed by atoms with van der Waals surface area (Å²) in [7, 11) is 0. The number of ether oxygens (including phenoxy) is 2. The Morgan fingerprint density at radius 1 is 1.00 bits per heavy atom. The van der Waals surface area contributed by atoms with E-state index in [0.717, 1.165) is 11.3 Å². The van der Waals surface area contributed by atoms with E-state index in [1.807, 2.05) is 39.0 Å². The highest BCUT2D eigenvalue weighted by Gasteiger charge is 2.21. The first-order chi connectivity index (χ1) is 12.8. The lowest BCUT2D eigenvalue weighted by molar-refractivity contribution is -0.123. The molecule has 0 atom stereocenters. The van der Waals surface area contributed by atoms with Gasteiger partial charge in [-0.2, -0.15) is 0 Å². The van der Waals surface area contributed by atoms with Gasteiger partial charge in [0.1, 0.15) is 13.2 Å². The Morgan fingerprint density at radius 2 is 1.74 bits per heavy atom. The number of carbonyl (C=O) groups is 2. The van der Waals surface area contributed by atoms with Crippen LogP contribution in [0, 0.1) is 5.41 Å². The van der Waals surface area contributed by atoms with E-state index in [9.17, 15) is 9.59 Å². The van der Waals surface area contributed by atoms with Crippen molar-refractivity contribution in [3.8, 4) is 11.5 Å². The standard InChI is InChI=1S/C21H24N2O4/c1-21(2,3)20(25)23-16-6-4-5-15(12-16)19(24)22-13-14-7-8-17-18(11-14)27-10-9-26-17/h4-8,11-12H,9-10,13H2,1-3H3,(H,22,24)(H,23,25). The summed E-state index contributed by atoms with van der Waals surface area (Å²) < 4.78 is 11.1. The molecule has 1 aliphatic heterocycles. The molecule has 27 heavy (non-hydrogen) atoms. The fraction of sp³-hybridized carbons (Fsp3) is 0.333. The van der Waals surface area contributed by atoms with Crippen LogP contribution in [-0.4, -0.2) is 25.0 Å². The normalized spacial score (nSPS) is 13.0. The van der Waals surface area contributed by atoms with Crippen molar-refractivity contribution in [3.05, 3.63) is 53.6 Å². The number of rotatable bonds is 4. The van der Waals surface area contributed by atoms with Crippen LogP contribution < -0.4 is 20.1 Å². The molecule has 0 unspecified atom stereocenters. The molecule has 0 spiro atoms. The topological polar surface area (TPSA) is 76.7 Å². The minimum atomic E-state index is -0.503. The summed E-state index contributed by atoms with van der Waals surface area (Å²) in [6.45, 7) is 6.96. The van der Waals surface area contributed by atoms with Gasteiger partial charge in [0.15, 0.2) is 11.5 Å². The number of anilines is 1. The Morgan fingerprint density at radius 3 is 2.48 bits per heavy atom. The zero-order chi connectivity index (χ0) is 19.4. The predicted octanol–water partition coefficient (Wildman–Crippen LogP) is 3.37. The number of fused-ring (bicyclic) bond motifs is 1. The Hall–Kier alpha value is -3.02. The van der Waals surface area contributed by atoms with Crippen molar-refractivity contribution < 1.29 is 19.1 Å². The van der Waals surface area contributed by atoms with Crippen LogP contribution in [-0.2, 0) is 11.3 Å². The lowest BCUT2D eigenvalue weighted by Gasteiger charge is -2.19. The SMILES string of the molecule is CC(C)(C)C(=O)Nc1cccc(C(=O)NCc2ccc3c(c2)OCCO3)c1. The number of benzene rings is 2. The minimum Gasteiger partial charge on any atom is -0.486 e. The molecule has 0 aromatic heterocycles. The van der Waals surface area contributed by atoms with E-state index in [0.29, 0.717) is 36.8 Å². The van der Waals surface area contributed by atoms with E-state index in [1.54, 1.807) is 24.3 Å². The zero-order valence-electron chi connectivity index (χ0n) is 15.8. The molecular weight excluding hydrogens is 344 g/mol. The first kappa shape index (κ1) is 18.8. The maximum absolute atomic E-state index is 12.5. The Bertz CT molecular complexity index is 856. The quantitative estimate of drug-likeness (QED) is 0.867. The number of hydrogen-bond acceptors (Lipinski definition) is 4. The molecule has 2 amide bonds. The highest BCUT2D eigenvalue weighted by atomic mass is 16.6. The van der Waals surface area contributed by atoms with Crippen molar-refractivity contribution in [2.45, 2.75) is 27.3 Å². The molecule has 6 heteroatoms. The first-order valence-electron chi connectivity index (χ1n) is 8.91. The molecule has 1 heterocycles. The van der Waals surface area contributed by atoms with Crippen molar-refractivity contribution >= 4 is 17.5 Å². The van der Waals surface area contributed by atoms with Gasteiger partial charge >= 0.3 is 0 Å². The second-order valence-corrected chi connectivity index (χ2v) is 7.45. The third-order valence-electron chi connectivity index (χ3n) is 4.12. The third-order valence-corrected chi connectivity index (χ3v) is 4.12. The number of amides is 2. The van der Waals surface area contributed by atoms with Gasteiger partial charge < -0.3 is 20.1 Å². The summed E-state index contributed by atoms with van der Waals surface area (Å²) >= 11 is 0. The summed E-state index contributed by atoms with van der Waals surface area (Å²) in [5.41, 5.74) is 1.50. The van der Waals surface area contributed by atoms with Gasteiger partial charge in [-0.15, -0.1) is 0 Å². The maximum Gasteiger partial charge on any atom is 0.251 e. The molecule has 0 aliphatic carbocycles. The molecule has 2 N–H and O–H groups in total. The summed E-state index contributed by atoms with van der Waals surface area (Å²) in [5, 5.41) is 5.72. The lowest BCUT2D eigenvalue weighted by atomic mass is 9.95. The molecule has 2 aromatic rings. The second kappa shape index (κ2) is 7.70. The smallest absolute Gasteiger partial charge is 0.251 e. The molecule has 1 aliphatic rings. The summed E-state index contributed by atoms with van der Waals surface area (Å²) in [5.74, 6) is 1.10. The van der Waals surface area contributed by atoms with Crippen molar-refractivity contribution in [2.24, 2.45) is 5.41 Å². The van der Waals surface area contributed by atoms with Crippen LogP contribution in [0.4, 0.5) is 5.69 Å². The van der Waals surface area contributed by atoms with Gasteiger partial charge in [0.2, 0.25) is 5.91 Å². The summed E-state index contributed by atoms with van der Waals surface area (Å²) in [4.78, 5) is 24.6. The Balaban J connectivity index is 1.63. The molecular formula is C21H24N2O4. The van der Waals surface area contributed by atoms with Gasteiger partial charge in [-0.3, -0.25) is 9.59 Å². The molecule has 0 bridgehead atoms. The van der Waals surface area contributed by atoms with Gasteiger partial charge in [0.05, 0.1) is 0 Å². The van der Waals surface area contributed by atoms with Crippen LogP contribution in [0.3, 0.4) is 0 Å². The predicted molar refractivity (Wildman–Crippen MR) is 103 cm³/mol. The summed E-state index contributed by atoms with van der Waals surface area (Å²) in [6, 6.07) is 12.5. The maximum atomic E-state index is 12.5. The van der Waals surface area contributed by atoms with Crippen molar-refractivity contribution in [1.82, 2.24) is 5.32 Å². The zero-order valence-corrected chi connectivity index (χ0v) is 15.8. The molecule has 0 radical (unpaired) electrons. The van der Waals surface area contributed by atoms with Crippen LogP contribution >= 0.6 is 0 Å². The second-order valence-electron chi connectivity index (χ2n) is 7.45. The van der Waals surface area contributed by atoms with Gasteiger partial charge in [-0.25, -0.2) is 0 Å². The largest absolute Gasteiger partial charge is 0.486 e. The molecule has 0 saturated carbocycles. The van der Waals surface area contributed by atoms with E-state index in [2.05, 4.69) is 10.6 Å². The van der Waals surface area contributed by atoms with Crippen molar-refractivity contribution in [2.75, 3.05) is 18.5 Å². The number of hydrogen-bond donors (Lipinski definition) is 2. The van der Waals surface area contributed by atoms with Crippen molar-refractivity contribution in [1.29, 1.82) is 0 Å². The third kappa shape index (κ3) is 4.78. The molecule has 3 rings (SSSR count).